The van der Waals surface area contributed by atoms with E-state index in [4.69, 9.17) is 14.6 Å². The minimum atomic E-state index is -0.399. The molecule has 0 radical (unpaired) electrons. The average molecular weight is 255 g/mol. The molecule has 1 heterocycles. The highest BCUT2D eigenvalue weighted by Gasteiger charge is 2.52. The zero-order valence-electron chi connectivity index (χ0n) is 11.8. The van der Waals surface area contributed by atoms with E-state index in [9.17, 15) is 0 Å². The molecular formula is C15H18BNO2. The van der Waals surface area contributed by atoms with Gasteiger partial charge in [-0.15, -0.1) is 0 Å². The summed E-state index contributed by atoms with van der Waals surface area (Å²) in [6, 6.07) is 9.81. The molecule has 3 nitrogen and oxygen atoms in total. The monoisotopic (exact) mass is 255 g/mol. The summed E-state index contributed by atoms with van der Waals surface area (Å²) in [6.45, 7) is 8.11. The molecule has 0 aromatic heterocycles. The van der Waals surface area contributed by atoms with Crippen molar-refractivity contribution in [1.29, 1.82) is 5.26 Å². The fourth-order valence-electron chi connectivity index (χ4n) is 1.97. The van der Waals surface area contributed by atoms with Gasteiger partial charge in [0.1, 0.15) is 0 Å². The Morgan fingerprint density at radius 1 is 1.11 bits per heavy atom. The summed E-state index contributed by atoms with van der Waals surface area (Å²) in [5, 5.41) is 8.65. The molecule has 4 heteroatoms. The first-order valence-corrected chi connectivity index (χ1v) is 6.38. The van der Waals surface area contributed by atoms with Gasteiger partial charge in [0.2, 0.25) is 0 Å². The molecule has 2 rings (SSSR count). The second kappa shape index (κ2) is 4.84. The van der Waals surface area contributed by atoms with Crippen LogP contribution in [0.1, 0.15) is 33.3 Å². The number of hydrogen-bond donors (Lipinski definition) is 0. The minimum Gasteiger partial charge on any atom is -0.399 e. The van der Waals surface area contributed by atoms with E-state index in [0.29, 0.717) is 0 Å². The van der Waals surface area contributed by atoms with Crippen molar-refractivity contribution in [2.45, 2.75) is 38.9 Å². The van der Waals surface area contributed by atoms with E-state index in [1.165, 1.54) is 6.08 Å². The number of nitriles is 1. The smallest absolute Gasteiger partial charge is 0.399 e. The molecule has 98 valence electrons. The molecule has 1 aromatic carbocycles. The fourth-order valence-corrected chi connectivity index (χ4v) is 1.97. The van der Waals surface area contributed by atoms with Crippen LogP contribution in [-0.2, 0) is 9.31 Å². The maximum absolute atomic E-state index is 8.65. The van der Waals surface area contributed by atoms with E-state index in [1.54, 1.807) is 6.08 Å². The summed E-state index contributed by atoms with van der Waals surface area (Å²) in [4.78, 5) is 0. The summed E-state index contributed by atoms with van der Waals surface area (Å²) in [6.07, 6.45) is 3.24. The summed E-state index contributed by atoms with van der Waals surface area (Å²) in [5.74, 6) is 0. The molecule has 1 fully saturated rings. The molecule has 1 aliphatic heterocycles. The van der Waals surface area contributed by atoms with Crippen LogP contribution in [-0.4, -0.2) is 18.3 Å². The van der Waals surface area contributed by atoms with Crippen LogP contribution >= 0.6 is 0 Å². The van der Waals surface area contributed by atoms with Gasteiger partial charge in [0.15, 0.2) is 0 Å². The molecule has 0 amide bonds. The van der Waals surface area contributed by atoms with Gasteiger partial charge in [0.25, 0.3) is 0 Å². The largest absolute Gasteiger partial charge is 0.495 e. The van der Waals surface area contributed by atoms with Gasteiger partial charge in [0.05, 0.1) is 17.3 Å². The first-order chi connectivity index (χ1) is 8.87. The third kappa shape index (κ3) is 2.58. The standard InChI is InChI=1S/C15H18BNO2/c1-14(2)15(3,4)19-16(18-14)13-10-6-5-8-12(13)9-7-11-17/h5-10H,1-4H3. The molecule has 1 saturated heterocycles. The number of nitrogens with zero attached hydrogens (tertiary/aromatic N) is 1. The van der Waals surface area contributed by atoms with Gasteiger partial charge in [-0.1, -0.05) is 24.3 Å². The third-order valence-corrected chi connectivity index (χ3v) is 3.84. The number of allylic oxidation sites excluding steroid dienone is 1. The molecule has 0 N–H and O–H groups in total. The van der Waals surface area contributed by atoms with Crippen LogP contribution in [0.3, 0.4) is 0 Å². The van der Waals surface area contributed by atoms with Gasteiger partial charge >= 0.3 is 7.12 Å². The van der Waals surface area contributed by atoms with Crippen LogP contribution in [0.25, 0.3) is 6.08 Å². The van der Waals surface area contributed by atoms with Crippen molar-refractivity contribution in [3.8, 4) is 6.07 Å². The number of rotatable bonds is 2. The van der Waals surface area contributed by atoms with Crippen molar-refractivity contribution in [3.63, 3.8) is 0 Å². The Kier molecular flexibility index (Phi) is 3.53. The fraction of sp³-hybridized carbons (Fsp3) is 0.400. The Balaban J connectivity index is 2.35. The average Bonchev–Trinajstić information content (AvgIpc) is 2.56. The van der Waals surface area contributed by atoms with Crippen LogP contribution in [0, 0.1) is 11.3 Å². The number of benzene rings is 1. The van der Waals surface area contributed by atoms with Gasteiger partial charge in [-0.25, -0.2) is 0 Å². The molecule has 0 saturated carbocycles. The normalized spacial score (nSPS) is 20.7. The minimum absolute atomic E-state index is 0.357. The predicted molar refractivity (Wildman–Crippen MR) is 76.8 cm³/mol. The molecule has 0 spiro atoms. The lowest BCUT2D eigenvalue weighted by Gasteiger charge is -2.32. The molecule has 0 aliphatic carbocycles. The van der Waals surface area contributed by atoms with Crippen LogP contribution in [0.4, 0.5) is 0 Å². The Morgan fingerprint density at radius 3 is 2.26 bits per heavy atom. The van der Waals surface area contributed by atoms with Crippen molar-refractivity contribution < 1.29 is 9.31 Å². The van der Waals surface area contributed by atoms with E-state index in [1.807, 2.05) is 58.0 Å². The topological polar surface area (TPSA) is 42.2 Å². The van der Waals surface area contributed by atoms with Gasteiger partial charge in [-0.3, -0.25) is 0 Å². The van der Waals surface area contributed by atoms with E-state index in [-0.39, 0.29) is 11.2 Å². The summed E-state index contributed by atoms with van der Waals surface area (Å²) in [5.41, 5.74) is 1.18. The first-order valence-electron chi connectivity index (χ1n) is 6.38. The van der Waals surface area contributed by atoms with Gasteiger partial charge in [-0.2, -0.15) is 5.26 Å². The van der Waals surface area contributed by atoms with Crippen molar-refractivity contribution in [1.82, 2.24) is 0 Å². The van der Waals surface area contributed by atoms with Gasteiger partial charge in [0, 0.05) is 6.08 Å². The maximum Gasteiger partial charge on any atom is 0.495 e. The van der Waals surface area contributed by atoms with Gasteiger partial charge < -0.3 is 9.31 Å². The molecule has 1 aliphatic rings. The number of hydrogen-bond acceptors (Lipinski definition) is 3. The zero-order chi connectivity index (χ0) is 14.1. The van der Waals surface area contributed by atoms with E-state index in [0.717, 1.165) is 11.0 Å². The second-order valence-electron chi connectivity index (χ2n) is 5.68. The molecule has 0 unspecified atom stereocenters. The van der Waals surface area contributed by atoms with Gasteiger partial charge in [-0.05, 0) is 44.8 Å². The molecule has 1 aromatic rings. The summed E-state index contributed by atoms with van der Waals surface area (Å²) in [7, 11) is -0.399. The highest BCUT2D eigenvalue weighted by atomic mass is 16.7. The molecular weight excluding hydrogens is 237 g/mol. The lowest BCUT2D eigenvalue weighted by Crippen LogP contribution is -2.41. The molecule has 19 heavy (non-hydrogen) atoms. The molecule has 0 atom stereocenters. The lowest BCUT2D eigenvalue weighted by atomic mass is 9.76. The Hall–Kier alpha value is -1.57. The lowest BCUT2D eigenvalue weighted by molar-refractivity contribution is 0.00578. The van der Waals surface area contributed by atoms with Crippen molar-refractivity contribution in [3.05, 3.63) is 35.9 Å². The highest BCUT2D eigenvalue weighted by molar-refractivity contribution is 6.63. The first kappa shape index (κ1) is 13.9. The third-order valence-electron chi connectivity index (χ3n) is 3.84. The Bertz CT molecular complexity index is 527. The predicted octanol–water partition coefficient (Wildman–Crippen LogP) is 2.52. The van der Waals surface area contributed by atoms with E-state index >= 15 is 0 Å². The summed E-state index contributed by atoms with van der Waals surface area (Å²) >= 11 is 0. The second-order valence-corrected chi connectivity index (χ2v) is 5.68. The Morgan fingerprint density at radius 2 is 1.68 bits per heavy atom. The maximum atomic E-state index is 8.65. The summed E-state index contributed by atoms with van der Waals surface area (Å²) < 4.78 is 12.1. The van der Waals surface area contributed by atoms with Crippen LogP contribution in [0.15, 0.2) is 30.3 Å². The van der Waals surface area contributed by atoms with Crippen LogP contribution in [0.2, 0.25) is 0 Å². The van der Waals surface area contributed by atoms with Crippen molar-refractivity contribution >= 4 is 18.7 Å². The van der Waals surface area contributed by atoms with E-state index in [2.05, 4.69) is 0 Å². The van der Waals surface area contributed by atoms with Crippen LogP contribution < -0.4 is 5.46 Å². The zero-order valence-corrected chi connectivity index (χ0v) is 11.8. The van der Waals surface area contributed by atoms with Crippen molar-refractivity contribution in [2.75, 3.05) is 0 Å². The van der Waals surface area contributed by atoms with E-state index < -0.39 is 7.12 Å². The highest BCUT2D eigenvalue weighted by Crippen LogP contribution is 2.36. The van der Waals surface area contributed by atoms with Crippen LogP contribution in [0.5, 0.6) is 0 Å². The molecule has 0 bridgehead atoms. The Labute approximate surface area is 115 Å². The quantitative estimate of drug-likeness (QED) is 0.602. The SMILES string of the molecule is CC1(C)OB(c2ccccc2C=CC#N)OC1(C)C. The van der Waals surface area contributed by atoms with Crippen molar-refractivity contribution in [2.24, 2.45) is 0 Å².